The Morgan fingerprint density at radius 2 is 1.74 bits per heavy atom. The molecule has 8 nitrogen and oxygen atoms in total. The van der Waals surface area contributed by atoms with E-state index in [-0.39, 0.29) is 36.2 Å². The Labute approximate surface area is 212 Å². The van der Waals surface area contributed by atoms with Crippen molar-refractivity contribution in [2.24, 2.45) is 5.92 Å². The van der Waals surface area contributed by atoms with Crippen molar-refractivity contribution in [1.29, 1.82) is 0 Å². The SMILES string of the molecule is CCCCNC(=O)N1CCC(N(Cc2ccc(C)cc2)C(=O)CN(CC(C)C)S(=O)(=O)CC)CC1. The van der Waals surface area contributed by atoms with Crippen molar-refractivity contribution in [2.75, 3.05) is 38.5 Å². The van der Waals surface area contributed by atoms with Gasteiger partial charge in [-0.1, -0.05) is 57.0 Å². The van der Waals surface area contributed by atoms with Gasteiger partial charge in [0.15, 0.2) is 0 Å². The molecule has 0 saturated carbocycles. The molecule has 0 aromatic heterocycles. The van der Waals surface area contributed by atoms with Crippen molar-refractivity contribution >= 4 is 22.0 Å². The molecular formula is C26H44N4O4S. The number of rotatable bonds is 12. The van der Waals surface area contributed by atoms with Gasteiger partial charge in [-0.3, -0.25) is 4.79 Å². The molecule has 0 aliphatic carbocycles. The van der Waals surface area contributed by atoms with Crippen LogP contribution in [0.15, 0.2) is 24.3 Å². The number of sulfonamides is 1. The first kappa shape index (κ1) is 29.1. The zero-order valence-corrected chi connectivity index (χ0v) is 22.9. The van der Waals surface area contributed by atoms with E-state index in [0.717, 1.165) is 24.0 Å². The van der Waals surface area contributed by atoms with Gasteiger partial charge in [-0.05, 0) is 44.6 Å². The van der Waals surface area contributed by atoms with E-state index in [0.29, 0.717) is 45.6 Å². The molecular weight excluding hydrogens is 464 g/mol. The molecule has 0 spiro atoms. The van der Waals surface area contributed by atoms with Crippen molar-refractivity contribution in [3.05, 3.63) is 35.4 Å². The maximum Gasteiger partial charge on any atom is 0.317 e. The first-order chi connectivity index (χ1) is 16.6. The summed E-state index contributed by atoms with van der Waals surface area (Å²) >= 11 is 0. The number of likely N-dealkylation sites (tertiary alicyclic amines) is 1. The van der Waals surface area contributed by atoms with Gasteiger partial charge in [0.05, 0.1) is 12.3 Å². The number of hydrogen-bond donors (Lipinski definition) is 1. The average molecular weight is 509 g/mol. The molecule has 0 atom stereocenters. The van der Waals surface area contributed by atoms with Gasteiger partial charge in [-0.15, -0.1) is 0 Å². The highest BCUT2D eigenvalue weighted by atomic mass is 32.2. The summed E-state index contributed by atoms with van der Waals surface area (Å²) < 4.78 is 26.7. The van der Waals surface area contributed by atoms with Crippen molar-refractivity contribution in [3.63, 3.8) is 0 Å². The zero-order chi connectivity index (χ0) is 26.0. The summed E-state index contributed by atoms with van der Waals surface area (Å²) in [5, 5.41) is 2.97. The number of unbranched alkanes of at least 4 members (excludes halogenated alkanes) is 1. The van der Waals surface area contributed by atoms with Gasteiger partial charge < -0.3 is 15.1 Å². The Bertz CT molecular complexity index is 910. The van der Waals surface area contributed by atoms with E-state index >= 15 is 0 Å². The maximum absolute atomic E-state index is 13.6. The number of carbonyl (C=O) groups is 2. The van der Waals surface area contributed by atoms with Crippen LogP contribution in [0.25, 0.3) is 0 Å². The molecule has 1 aromatic carbocycles. The molecule has 1 fully saturated rings. The number of aryl methyl sites for hydroxylation is 1. The molecule has 35 heavy (non-hydrogen) atoms. The molecule has 1 aromatic rings. The summed E-state index contributed by atoms with van der Waals surface area (Å²) in [5.74, 6) is -0.102. The van der Waals surface area contributed by atoms with E-state index in [1.54, 1.807) is 6.92 Å². The fourth-order valence-electron chi connectivity index (χ4n) is 4.28. The van der Waals surface area contributed by atoms with Crippen LogP contribution in [0.3, 0.4) is 0 Å². The second-order valence-electron chi connectivity index (χ2n) is 9.90. The number of nitrogens with zero attached hydrogens (tertiary/aromatic N) is 3. The third-order valence-electron chi connectivity index (χ3n) is 6.43. The molecule has 1 saturated heterocycles. The lowest BCUT2D eigenvalue weighted by molar-refractivity contribution is -0.135. The Kier molecular flexibility index (Phi) is 11.5. The number of urea groups is 1. The van der Waals surface area contributed by atoms with Crippen molar-refractivity contribution < 1.29 is 18.0 Å². The molecule has 0 unspecified atom stereocenters. The van der Waals surface area contributed by atoms with Gasteiger partial charge >= 0.3 is 6.03 Å². The van der Waals surface area contributed by atoms with Crippen LogP contribution in [-0.4, -0.2) is 79.0 Å². The number of benzene rings is 1. The zero-order valence-electron chi connectivity index (χ0n) is 22.1. The molecule has 2 rings (SSSR count). The van der Waals surface area contributed by atoms with Crippen LogP contribution in [0.2, 0.25) is 0 Å². The standard InChI is InChI=1S/C26H44N4O4S/c1-6-8-15-27-26(32)28-16-13-24(14-17-28)30(19-23-11-9-22(5)10-12-23)25(31)20-29(18-21(3)4)35(33,34)7-2/h9-12,21,24H,6-8,13-20H2,1-5H3,(H,27,32). The van der Waals surface area contributed by atoms with E-state index in [9.17, 15) is 18.0 Å². The third-order valence-corrected chi connectivity index (χ3v) is 8.23. The molecule has 0 radical (unpaired) electrons. The van der Waals surface area contributed by atoms with Crippen LogP contribution in [0.5, 0.6) is 0 Å². The van der Waals surface area contributed by atoms with Crippen LogP contribution in [0.1, 0.15) is 64.5 Å². The Morgan fingerprint density at radius 3 is 2.29 bits per heavy atom. The topological polar surface area (TPSA) is 90.0 Å². The number of amides is 3. The van der Waals surface area contributed by atoms with E-state index < -0.39 is 10.0 Å². The molecule has 1 aliphatic heterocycles. The van der Waals surface area contributed by atoms with Crippen molar-refractivity contribution in [2.45, 2.75) is 72.9 Å². The predicted octanol–water partition coefficient (Wildman–Crippen LogP) is 3.61. The molecule has 1 N–H and O–H groups in total. The maximum atomic E-state index is 13.6. The fraction of sp³-hybridized carbons (Fsp3) is 0.692. The fourth-order valence-corrected chi connectivity index (χ4v) is 5.48. The Morgan fingerprint density at radius 1 is 1.11 bits per heavy atom. The van der Waals surface area contributed by atoms with Crippen molar-refractivity contribution in [1.82, 2.24) is 19.4 Å². The van der Waals surface area contributed by atoms with Gasteiger partial charge in [-0.25, -0.2) is 13.2 Å². The summed E-state index contributed by atoms with van der Waals surface area (Å²) in [6.07, 6.45) is 3.32. The van der Waals surface area contributed by atoms with Gasteiger partial charge in [0, 0.05) is 38.8 Å². The monoisotopic (exact) mass is 508 g/mol. The average Bonchev–Trinajstić information content (AvgIpc) is 2.83. The van der Waals surface area contributed by atoms with E-state index in [2.05, 4.69) is 12.2 Å². The quantitative estimate of drug-likeness (QED) is 0.437. The minimum Gasteiger partial charge on any atom is -0.338 e. The second-order valence-corrected chi connectivity index (χ2v) is 12.2. The number of nitrogens with one attached hydrogen (secondary N) is 1. The van der Waals surface area contributed by atoms with Crippen molar-refractivity contribution in [3.8, 4) is 0 Å². The Hall–Kier alpha value is -2.13. The van der Waals surface area contributed by atoms with E-state index in [1.807, 2.05) is 54.8 Å². The Balaban J connectivity index is 2.16. The van der Waals surface area contributed by atoms with Crippen LogP contribution >= 0.6 is 0 Å². The highest BCUT2D eigenvalue weighted by molar-refractivity contribution is 7.89. The van der Waals surface area contributed by atoms with Gasteiger partial charge in [0.2, 0.25) is 15.9 Å². The van der Waals surface area contributed by atoms with Crippen LogP contribution in [0, 0.1) is 12.8 Å². The van der Waals surface area contributed by atoms with Crippen LogP contribution in [0.4, 0.5) is 4.79 Å². The lowest BCUT2D eigenvalue weighted by atomic mass is 10.0. The minimum atomic E-state index is -3.50. The molecule has 0 bridgehead atoms. The predicted molar refractivity (Wildman–Crippen MR) is 141 cm³/mol. The first-order valence-electron chi connectivity index (χ1n) is 12.9. The highest BCUT2D eigenvalue weighted by Gasteiger charge is 2.32. The van der Waals surface area contributed by atoms with Crippen LogP contribution in [-0.2, 0) is 21.4 Å². The summed E-state index contributed by atoms with van der Waals surface area (Å²) in [6.45, 7) is 12.0. The number of carbonyl (C=O) groups excluding carboxylic acids is 2. The number of hydrogen-bond acceptors (Lipinski definition) is 4. The summed E-state index contributed by atoms with van der Waals surface area (Å²) in [4.78, 5) is 29.7. The summed E-state index contributed by atoms with van der Waals surface area (Å²) in [5.41, 5.74) is 2.16. The molecule has 9 heteroatoms. The summed E-state index contributed by atoms with van der Waals surface area (Å²) in [7, 11) is -3.50. The van der Waals surface area contributed by atoms with Gasteiger partial charge in [0.25, 0.3) is 0 Å². The lowest BCUT2D eigenvalue weighted by Crippen LogP contribution is -2.53. The molecule has 198 valence electrons. The van der Waals surface area contributed by atoms with Crippen LogP contribution < -0.4 is 5.32 Å². The van der Waals surface area contributed by atoms with Gasteiger partial charge in [0.1, 0.15) is 0 Å². The molecule has 1 aliphatic rings. The summed E-state index contributed by atoms with van der Waals surface area (Å²) in [6, 6.07) is 7.97. The number of piperidine rings is 1. The smallest absolute Gasteiger partial charge is 0.317 e. The van der Waals surface area contributed by atoms with E-state index in [4.69, 9.17) is 0 Å². The van der Waals surface area contributed by atoms with E-state index in [1.165, 1.54) is 4.31 Å². The third kappa shape index (κ3) is 9.11. The molecule has 3 amide bonds. The largest absolute Gasteiger partial charge is 0.338 e. The first-order valence-corrected chi connectivity index (χ1v) is 14.5. The normalized spacial score (nSPS) is 15.0. The second kappa shape index (κ2) is 13.8. The molecule has 1 heterocycles. The van der Waals surface area contributed by atoms with Gasteiger partial charge in [-0.2, -0.15) is 4.31 Å². The lowest BCUT2D eigenvalue weighted by Gasteiger charge is -2.39. The highest BCUT2D eigenvalue weighted by Crippen LogP contribution is 2.21. The minimum absolute atomic E-state index is 0.0313.